The largest absolute Gasteiger partial charge is 0.444 e. The molecule has 1 aliphatic heterocycles. The molecular formula is C13H24N2O2. The van der Waals surface area contributed by atoms with Gasteiger partial charge in [0.25, 0.3) is 0 Å². The Morgan fingerprint density at radius 1 is 1.35 bits per heavy atom. The summed E-state index contributed by atoms with van der Waals surface area (Å²) in [5, 5.41) is 0. The van der Waals surface area contributed by atoms with Gasteiger partial charge in [-0.3, -0.25) is 0 Å². The Morgan fingerprint density at radius 3 is 2.47 bits per heavy atom. The number of rotatable bonds is 1. The number of carbonyl (C=O) groups excluding carboxylic acids is 1. The monoisotopic (exact) mass is 240 g/mol. The third-order valence-corrected chi connectivity index (χ3v) is 3.70. The third kappa shape index (κ3) is 2.92. The highest BCUT2D eigenvalue weighted by molar-refractivity contribution is 5.69. The molecule has 17 heavy (non-hydrogen) atoms. The topological polar surface area (TPSA) is 55.6 Å². The predicted molar refractivity (Wildman–Crippen MR) is 66.7 cm³/mol. The first kappa shape index (κ1) is 12.7. The number of hydrogen-bond acceptors (Lipinski definition) is 3. The molecule has 4 heteroatoms. The summed E-state index contributed by atoms with van der Waals surface area (Å²) < 4.78 is 5.45. The molecule has 2 atom stereocenters. The van der Waals surface area contributed by atoms with Crippen molar-refractivity contribution in [1.29, 1.82) is 0 Å². The highest BCUT2D eigenvalue weighted by Gasteiger charge is 2.41. The Labute approximate surface area is 103 Å². The maximum absolute atomic E-state index is 12.1. The molecule has 1 saturated heterocycles. The average molecular weight is 240 g/mol. The van der Waals surface area contributed by atoms with Gasteiger partial charge in [-0.25, -0.2) is 4.79 Å². The van der Waals surface area contributed by atoms with Gasteiger partial charge in [0.15, 0.2) is 0 Å². The highest BCUT2D eigenvalue weighted by atomic mass is 16.6. The van der Waals surface area contributed by atoms with Crippen LogP contribution in [0.15, 0.2) is 0 Å². The van der Waals surface area contributed by atoms with Gasteiger partial charge in [0, 0.05) is 18.6 Å². The zero-order valence-corrected chi connectivity index (χ0v) is 11.1. The Kier molecular flexibility index (Phi) is 3.34. The normalized spacial score (nSPS) is 30.2. The molecule has 4 nitrogen and oxygen atoms in total. The van der Waals surface area contributed by atoms with Gasteiger partial charge < -0.3 is 15.4 Å². The van der Waals surface area contributed by atoms with Crippen LogP contribution in [0.3, 0.4) is 0 Å². The van der Waals surface area contributed by atoms with Crippen molar-refractivity contribution in [1.82, 2.24) is 4.90 Å². The van der Waals surface area contributed by atoms with Gasteiger partial charge in [-0.1, -0.05) is 6.42 Å². The van der Waals surface area contributed by atoms with Crippen molar-refractivity contribution >= 4 is 6.09 Å². The van der Waals surface area contributed by atoms with E-state index >= 15 is 0 Å². The molecule has 0 radical (unpaired) electrons. The molecule has 0 aromatic carbocycles. The molecule has 1 amide bonds. The fourth-order valence-electron chi connectivity index (χ4n) is 2.70. The SMILES string of the molecule is CC(C)(C)OC(=O)N1CC(N)CC1C1CCC1. The van der Waals surface area contributed by atoms with Crippen LogP contribution in [0.5, 0.6) is 0 Å². The molecule has 1 saturated carbocycles. The second-order valence-corrected chi connectivity index (χ2v) is 6.39. The fourth-order valence-corrected chi connectivity index (χ4v) is 2.70. The zero-order chi connectivity index (χ0) is 12.6. The highest BCUT2D eigenvalue weighted by Crippen LogP contribution is 2.37. The van der Waals surface area contributed by atoms with Crippen LogP contribution in [0, 0.1) is 5.92 Å². The van der Waals surface area contributed by atoms with Gasteiger partial charge in [-0.15, -0.1) is 0 Å². The van der Waals surface area contributed by atoms with Gasteiger partial charge in [0.05, 0.1) is 0 Å². The van der Waals surface area contributed by atoms with E-state index in [0.29, 0.717) is 18.5 Å². The molecule has 2 N–H and O–H groups in total. The third-order valence-electron chi connectivity index (χ3n) is 3.70. The molecule has 0 spiro atoms. The van der Waals surface area contributed by atoms with Gasteiger partial charge in [-0.05, 0) is 46.0 Å². The first-order valence-corrected chi connectivity index (χ1v) is 6.62. The van der Waals surface area contributed by atoms with Gasteiger partial charge in [-0.2, -0.15) is 0 Å². The summed E-state index contributed by atoms with van der Waals surface area (Å²) >= 11 is 0. The molecule has 2 aliphatic rings. The van der Waals surface area contributed by atoms with E-state index in [1.807, 2.05) is 25.7 Å². The molecule has 2 rings (SSSR count). The first-order valence-electron chi connectivity index (χ1n) is 6.62. The molecule has 0 aromatic rings. The van der Waals surface area contributed by atoms with Gasteiger partial charge in [0.1, 0.15) is 5.60 Å². The summed E-state index contributed by atoms with van der Waals surface area (Å²) in [5.41, 5.74) is 5.56. The standard InChI is InChI=1S/C13H24N2O2/c1-13(2,3)17-12(16)15-8-10(14)7-11(15)9-5-4-6-9/h9-11H,4-8,14H2,1-3H3. The van der Waals surface area contributed by atoms with Crippen LogP contribution >= 0.6 is 0 Å². The number of nitrogens with zero attached hydrogens (tertiary/aromatic N) is 1. The summed E-state index contributed by atoms with van der Waals surface area (Å²) in [7, 11) is 0. The molecule has 1 heterocycles. The number of likely N-dealkylation sites (tertiary alicyclic amines) is 1. The van der Waals surface area contributed by atoms with E-state index < -0.39 is 5.60 Å². The van der Waals surface area contributed by atoms with E-state index in [1.165, 1.54) is 19.3 Å². The lowest BCUT2D eigenvalue weighted by Gasteiger charge is -2.37. The van der Waals surface area contributed by atoms with Gasteiger partial charge in [0.2, 0.25) is 0 Å². The first-order chi connectivity index (χ1) is 7.87. The van der Waals surface area contributed by atoms with E-state index in [2.05, 4.69) is 0 Å². The van der Waals surface area contributed by atoms with Crippen molar-refractivity contribution in [2.75, 3.05) is 6.54 Å². The van der Waals surface area contributed by atoms with Crippen LogP contribution in [0.25, 0.3) is 0 Å². The minimum atomic E-state index is -0.423. The van der Waals surface area contributed by atoms with Crippen molar-refractivity contribution in [2.24, 2.45) is 11.7 Å². The molecular weight excluding hydrogens is 216 g/mol. The Morgan fingerprint density at radius 2 is 2.00 bits per heavy atom. The number of amides is 1. The van der Waals surface area contributed by atoms with E-state index in [9.17, 15) is 4.79 Å². The lowest BCUT2D eigenvalue weighted by molar-refractivity contribution is 0.0128. The van der Waals surface area contributed by atoms with Crippen LogP contribution in [0.1, 0.15) is 46.5 Å². The minimum absolute atomic E-state index is 0.119. The summed E-state index contributed by atoms with van der Waals surface area (Å²) in [6.07, 6.45) is 4.50. The zero-order valence-electron chi connectivity index (χ0n) is 11.1. The molecule has 98 valence electrons. The van der Waals surface area contributed by atoms with Crippen molar-refractivity contribution in [2.45, 2.75) is 64.1 Å². The molecule has 0 bridgehead atoms. The molecule has 2 fully saturated rings. The maximum Gasteiger partial charge on any atom is 0.410 e. The Bertz CT molecular complexity index is 294. The van der Waals surface area contributed by atoms with Crippen LogP contribution in [-0.2, 0) is 4.74 Å². The van der Waals surface area contributed by atoms with E-state index in [0.717, 1.165) is 6.42 Å². The number of nitrogens with two attached hydrogens (primary N) is 1. The predicted octanol–water partition coefficient (Wildman–Crippen LogP) is 2.12. The summed E-state index contributed by atoms with van der Waals surface area (Å²) in [4.78, 5) is 14.0. The van der Waals surface area contributed by atoms with Crippen LogP contribution in [0.2, 0.25) is 0 Å². The van der Waals surface area contributed by atoms with Crippen LogP contribution < -0.4 is 5.73 Å². The lowest BCUT2D eigenvalue weighted by Crippen LogP contribution is -2.44. The van der Waals surface area contributed by atoms with Crippen LogP contribution in [-0.4, -0.2) is 35.2 Å². The second-order valence-electron chi connectivity index (χ2n) is 6.39. The maximum atomic E-state index is 12.1. The Hall–Kier alpha value is -0.770. The van der Waals surface area contributed by atoms with Crippen molar-refractivity contribution in [3.8, 4) is 0 Å². The second kappa shape index (κ2) is 4.48. The molecule has 1 aliphatic carbocycles. The van der Waals surface area contributed by atoms with Crippen molar-refractivity contribution < 1.29 is 9.53 Å². The fraction of sp³-hybridized carbons (Fsp3) is 0.923. The van der Waals surface area contributed by atoms with E-state index in [1.54, 1.807) is 0 Å². The van der Waals surface area contributed by atoms with Gasteiger partial charge >= 0.3 is 6.09 Å². The Balaban J connectivity index is 1.99. The minimum Gasteiger partial charge on any atom is -0.444 e. The van der Waals surface area contributed by atoms with E-state index in [4.69, 9.17) is 10.5 Å². The lowest BCUT2D eigenvalue weighted by atomic mass is 9.78. The molecule has 2 unspecified atom stereocenters. The van der Waals surface area contributed by atoms with E-state index in [-0.39, 0.29) is 12.1 Å². The quantitative estimate of drug-likeness (QED) is 0.764. The van der Waals surface area contributed by atoms with Crippen molar-refractivity contribution in [3.05, 3.63) is 0 Å². The summed E-state index contributed by atoms with van der Waals surface area (Å²) in [6, 6.07) is 0.432. The summed E-state index contributed by atoms with van der Waals surface area (Å²) in [6.45, 7) is 6.35. The average Bonchev–Trinajstić information content (AvgIpc) is 2.41. The molecule has 0 aromatic heterocycles. The smallest absolute Gasteiger partial charge is 0.410 e. The number of ether oxygens (including phenoxy) is 1. The summed E-state index contributed by atoms with van der Waals surface area (Å²) in [5.74, 6) is 0.649. The number of hydrogen-bond donors (Lipinski definition) is 1. The van der Waals surface area contributed by atoms with Crippen molar-refractivity contribution in [3.63, 3.8) is 0 Å². The number of carbonyl (C=O) groups is 1. The van der Waals surface area contributed by atoms with Crippen LogP contribution in [0.4, 0.5) is 4.79 Å².